The number of azo groups is 1. The Bertz CT molecular complexity index is 1300. The van der Waals surface area contributed by atoms with Crippen molar-refractivity contribution >= 4 is 23.8 Å². The number of furan rings is 1. The molecule has 0 radical (unpaired) electrons. The number of carboxylic acids is 1. The standard InChI is InChI=1S/C24H23N7O3/c1-31(2)24-28-22(25-14-16-7-4-3-5-8-16)27-23(29-24)30-26-15-19-11-12-20(34-19)17-9-6-10-18(13-17)21(32)33/h3-13H,14-15H2,1-2H3,(H,32,33)(H,25,27,28,29). The first kappa shape index (κ1) is 22.6. The van der Waals surface area contributed by atoms with Gasteiger partial charge < -0.3 is 19.7 Å². The molecule has 0 atom stereocenters. The monoisotopic (exact) mass is 457 g/mol. The second-order valence-electron chi connectivity index (χ2n) is 7.54. The van der Waals surface area contributed by atoms with Crippen LogP contribution < -0.4 is 10.2 Å². The van der Waals surface area contributed by atoms with Crippen LogP contribution in [0, 0.1) is 0 Å². The minimum Gasteiger partial charge on any atom is -0.478 e. The van der Waals surface area contributed by atoms with Gasteiger partial charge in [0, 0.05) is 26.2 Å². The van der Waals surface area contributed by atoms with Gasteiger partial charge in [-0.2, -0.15) is 20.1 Å². The fourth-order valence-electron chi connectivity index (χ4n) is 3.05. The van der Waals surface area contributed by atoms with Crippen molar-refractivity contribution in [2.24, 2.45) is 10.2 Å². The van der Waals surface area contributed by atoms with E-state index < -0.39 is 5.97 Å². The number of carbonyl (C=O) groups is 1. The molecule has 2 heterocycles. The molecule has 0 unspecified atom stereocenters. The van der Waals surface area contributed by atoms with E-state index in [-0.39, 0.29) is 18.1 Å². The van der Waals surface area contributed by atoms with Crippen molar-refractivity contribution in [3.8, 4) is 11.3 Å². The van der Waals surface area contributed by atoms with Crippen LogP contribution in [0.25, 0.3) is 11.3 Å². The van der Waals surface area contributed by atoms with Gasteiger partial charge >= 0.3 is 5.97 Å². The highest BCUT2D eigenvalue weighted by atomic mass is 16.4. The van der Waals surface area contributed by atoms with Crippen LogP contribution in [0.15, 0.2) is 81.4 Å². The van der Waals surface area contributed by atoms with Gasteiger partial charge in [0.2, 0.25) is 11.9 Å². The first-order chi connectivity index (χ1) is 16.5. The van der Waals surface area contributed by atoms with Gasteiger partial charge in [-0.05, 0) is 29.8 Å². The molecule has 10 nitrogen and oxygen atoms in total. The number of hydrogen-bond donors (Lipinski definition) is 2. The van der Waals surface area contributed by atoms with Crippen LogP contribution in [-0.4, -0.2) is 40.1 Å². The summed E-state index contributed by atoms with van der Waals surface area (Å²) < 4.78 is 5.80. The van der Waals surface area contributed by atoms with Crippen LogP contribution in [0.1, 0.15) is 21.7 Å². The Hall–Kier alpha value is -4.60. The number of nitrogens with one attached hydrogen (secondary N) is 1. The maximum absolute atomic E-state index is 11.2. The number of nitrogens with zero attached hydrogens (tertiary/aromatic N) is 6. The second kappa shape index (κ2) is 10.3. The Kier molecular flexibility index (Phi) is 6.87. The summed E-state index contributed by atoms with van der Waals surface area (Å²) in [4.78, 5) is 26.0. The Morgan fingerprint density at radius 1 is 1.03 bits per heavy atom. The van der Waals surface area contributed by atoms with Crippen molar-refractivity contribution in [1.82, 2.24) is 15.0 Å². The lowest BCUT2D eigenvalue weighted by Crippen LogP contribution is -2.15. The molecule has 0 fully saturated rings. The van der Waals surface area contributed by atoms with E-state index in [1.165, 1.54) is 6.07 Å². The molecule has 34 heavy (non-hydrogen) atoms. The van der Waals surface area contributed by atoms with Crippen LogP contribution in [0.4, 0.5) is 17.8 Å². The number of benzene rings is 2. The third-order valence-corrected chi connectivity index (χ3v) is 4.75. The van der Waals surface area contributed by atoms with Crippen LogP contribution in [0.2, 0.25) is 0 Å². The molecule has 0 bridgehead atoms. The molecule has 2 aromatic heterocycles. The molecule has 0 spiro atoms. The highest BCUT2D eigenvalue weighted by Gasteiger charge is 2.10. The average molecular weight is 457 g/mol. The first-order valence-electron chi connectivity index (χ1n) is 10.5. The fourth-order valence-corrected chi connectivity index (χ4v) is 3.05. The minimum atomic E-state index is -0.991. The Balaban J connectivity index is 1.45. The average Bonchev–Trinajstić information content (AvgIpc) is 3.32. The molecule has 0 aliphatic heterocycles. The van der Waals surface area contributed by atoms with Crippen LogP contribution >= 0.6 is 0 Å². The maximum Gasteiger partial charge on any atom is 0.335 e. The summed E-state index contributed by atoms with van der Waals surface area (Å²) in [5.74, 6) is 1.16. The third kappa shape index (κ3) is 5.80. The molecule has 172 valence electrons. The van der Waals surface area contributed by atoms with E-state index in [1.54, 1.807) is 35.2 Å². The van der Waals surface area contributed by atoms with E-state index >= 15 is 0 Å². The molecule has 0 saturated heterocycles. The quantitative estimate of drug-likeness (QED) is 0.343. The van der Waals surface area contributed by atoms with Crippen LogP contribution in [0.5, 0.6) is 0 Å². The van der Waals surface area contributed by atoms with Crippen molar-refractivity contribution < 1.29 is 14.3 Å². The minimum absolute atomic E-state index is 0.175. The highest BCUT2D eigenvalue weighted by molar-refractivity contribution is 5.89. The van der Waals surface area contributed by atoms with Crippen LogP contribution in [-0.2, 0) is 13.1 Å². The summed E-state index contributed by atoms with van der Waals surface area (Å²) >= 11 is 0. The third-order valence-electron chi connectivity index (χ3n) is 4.75. The lowest BCUT2D eigenvalue weighted by atomic mass is 10.1. The molecule has 4 rings (SSSR count). The Morgan fingerprint density at radius 2 is 1.85 bits per heavy atom. The second-order valence-corrected chi connectivity index (χ2v) is 7.54. The molecule has 0 aliphatic rings. The SMILES string of the molecule is CN(C)c1nc(N=NCc2ccc(-c3cccc(C(=O)O)c3)o2)nc(NCc2ccccc2)n1. The molecule has 2 N–H and O–H groups in total. The van der Waals surface area contributed by atoms with E-state index in [2.05, 4.69) is 30.5 Å². The van der Waals surface area contributed by atoms with Gasteiger partial charge in [0.25, 0.3) is 5.95 Å². The summed E-state index contributed by atoms with van der Waals surface area (Å²) in [6, 6.07) is 20.0. The first-order valence-corrected chi connectivity index (χ1v) is 10.5. The van der Waals surface area contributed by atoms with Gasteiger partial charge in [-0.3, -0.25) is 0 Å². The van der Waals surface area contributed by atoms with Crippen molar-refractivity contribution in [1.29, 1.82) is 0 Å². The van der Waals surface area contributed by atoms with Gasteiger partial charge in [-0.1, -0.05) is 42.5 Å². The number of carboxylic acid groups (broad SMARTS) is 1. The number of anilines is 2. The van der Waals surface area contributed by atoms with Gasteiger partial charge in [0.15, 0.2) is 0 Å². The summed E-state index contributed by atoms with van der Waals surface area (Å²) in [6.45, 7) is 0.737. The predicted molar refractivity (Wildman–Crippen MR) is 127 cm³/mol. The van der Waals surface area contributed by atoms with Crippen molar-refractivity contribution in [2.75, 3.05) is 24.3 Å². The zero-order valence-corrected chi connectivity index (χ0v) is 18.7. The molecule has 0 saturated carbocycles. The lowest BCUT2D eigenvalue weighted by molar-refractivity contribution is 0.0697. The smallest absolute Gasteiger partial charge is 0.335 e. The Labute approximate surface area is 196 Å². The van der Waals surface area contributed by atoms with E-state index in [0.29, 0.717) is 35.5 Å². The number of aromatic nitrogens is 3. The van der Waals surface area contributed by atoms with Crippen LogP contribution in [0.3, 0.4) is 0 Å². The van der Waals surface area contributed by atoms with E-state index in [1.807, 2.05) is 44.4 Å². The van der Waals surface area contributed by atoms with Crippen molar-refractivity contribution in [3.05, 3.63) is 83.6 Å². The molecule has 4 aromatic rings. The summed E-state index contributed by atoms with van der Waals surface area (Å²) in [7, 11) is 3.67. The van der Waals surface area contributed by atoms with Gasteiger partial charge in [-0.25, -0.2) is 4.79 Å². The van der Waals surface area contributed by atoms with Crippen molar-refractivity contribution in [2.45, 2.75) is 13.1 Å². The lowest BCUT2D eigenvalue weighted by Gasteiger charge is -2.12. The Morgan fingerprint density at radius 3 is 2.62 bits per heavy atom. The predicted octanol–water partition coefficient (Wildman–Crippen LogP) is 4.79. The molecule has 2 aromatic carbocycles. The van der Waals surface area contributed by atoms with Gasteiger partial charge in [-0.15, -0.1) is 5.11 Å². The molecular formula is C24H23N7O3. The van der Waals surface area contributed by atoms with E-state index in [0.717, 1.165) is 5.56 Å². The van der Waals surface area contributed by atoms with Gasteiger partial charge in [0.1, 0.15) is 18.1 Å². The largest absolute Gasteiger partial charge is 0.478 e. The maximum atomic E-state index is 11.2. The number of aromatic carboxylic acids is 1. The summed E-state index contributed by atoms with van der Waals surface area (Å²) in [6.07, 6.45) is 0. The number of hydrogen-bond acceptors (Lipinski definition) is 9. The normalized spacial score (nSPS) is 11.0. The van der Waals surface area contributed by atoms with E-state index in [4.69, 9.17) is 9.52 Å². The highest BCUT2D eigenvalue weighted by Crippen LogP contribution is 2.24. The fraction of sp³-hybridized carbons (Fsp3) is 0.167. The zero-order valence-electron chi connectivity index (χ0n) is 18.7. The number of rotatable bonds is 9. The summed E-state index contributed by atoms with van der Waals surface area (Å²) in [5, 5.41) is 20.7. The zero-order chi connectivity index (χ0) is 23.9. The topological polar surface area (TPSA) is 129 Å². The molecule has 10 heteroatoms. The van der Waals surface area contributed by atoms with Crippen molar-refractivity contribution in [3.63, 3.8) is 0 Å². The molecule has 0 amide bonds. The molecular weight excluding hydrogens is 434 g/mol. The van der Waals surface area contributed by atoms with E-state index in [9.17, 15) is 4.79 Å². The van der Waals surface area contributed by atoms with Gasteiger partial charge in [0.05, 0.1) is 5.56 Å². The summed E-state index contributed by atoms with van der Waals surface area (Å²) in [5.41, 5.74) is 1.96. The molecule has 0 aliphatic carbocycles.